The summed E-state index contributed by atoms with van der Waals surface area (Å²) in [5, 5.41) is 0. The minimum absolute atomic E-state index is 0.180. The zero-order valence-electron chi connectivity index (χ0n) is 9.87. The highest BCUT2D eigenvalue weighted by Gasteiger charge is 2.04. The van der Waals surface area contributed by atoms with E-state index in [-0.39, 0.29) is 11.7 Å². The molecule has 0 saturated carbocycles. The normalized spacial score (nSPS) is 11.3. The van der Waals surface area contributed by atoms with Crippen molar-refractivity contribution in [3.05, 3.63) is 42.1 Å². The molecule has 1 aromatic carbocycles. The van der Waals surface area contributed by atoms with Crippen molar-refractivity contribution in [2.24, 2.45) is 10.7 Å². The van der Waals surface area contributed by atoms with Gasteiger partial charge in [0, 0.05) is 5.56 Å². The molecule has 0 amide bonds. The van der Waals surface area contributed by atoms with Crippen LogP contribution in [0.1, 0.15) is 5.56 Å². The maximum absolute atomic E-state index is 5.86. The van der Waals surface area contributed by atoms with E-state index in [1.165, 1.54) is 13.3 Å². The Balaban J connectivity index is 2.31. The highest BCUT2D eigenvalue weighted by atomic mass is 16.5. The molecule has 0 atom stereocenters. The molecule has 0 bridgehead atoms. The van der Waals surface area contributed by atoms with Crippen molar-refractivity contribution in [3.63, 3.8) is 0 Å². The summed E-state index contributed by atoms with van der Waals surface area (Å²) < 4.78 is 4.91. The van der Waals surface area contributed by atoms with Crippen LogP contribution in [0.4, 0.5) is 11.6 Å². The second kappa shape index (κ2) is 5.13. The number of methoxy groups -OCH3 is 1. The van der Waals surface area contributed by atoms with Crippen molar-refractivity contribution in [3.8, 4) is 5.88 Å². The van der Waals surface area contributed by atoms with E-state index in [2.05, 4.69) is 15.0 Å². The molecule has 0 radical (unpaired) electrons. The van der Waals surface area contributed by atoms with Crippen molar-refractivity contribution >= 4 is 17.5 Å². The summed E-state index contributed by atoms with van der Waals surface area (Å²) in [6.07, 6.45) is 1.45. The lowest BCUT2D eigenvalue weighted by atomic mass is 10.2. The van der Waals surface area contributed by atoms with Crippen LogP contribution in [-0.4, -0.2) is 22.9 Å². The van der Waals surface area contributed by atoms with Crippen LogP contribution >= 0.6 is 0 Å². The molecule has 0 spiro atoms. The van der Waals surface area contributed by atoms with Gasteiger partial charge in [0.25, 0.3) is 5.88 Å². The Morgan fingerprint density at radius 1 is 1.28 bits per heavy atom. The average Bonchev–Trinajstić information content (AvgIpc) is 2.40. The first-order chi connectivity index (χ1) is 8.70. The number of amidine groups is 1. The van der Waals surface area contributed by atoms with Gasteiger partial charge in [-0.15, -0.1) is 0 Å². The van der Waals surface area contributed by atoms with Crippen LogP contribution < -0.4 is 16.2 Å². The van der Waals surface area contributed by atoms with Gasteiger partial charge in [0.15, 0.2) is 11.6 Å². The number of rotatable bonds is 3. The number of hydrogen-bond donors (Lipinski definition) is 2. The number of nitrogens with zero attached hydrogens (tertiary/aromatic N) is 3. The lowest BCUT2D eigenvalue weighted by Crippen LogP contribution is -2.12. The Kier molecular flexibility index (Phi) is 3.38. The fourth-order valence-electron chi connectivity index (χ4n) is 1.39. The summed E-state index contributed by atoms with van der Waals surface area (Å²) in [6.45, 7) is 0. The molecule has 2 aromatic rings. The number of benzene rings is 1. The zero-order valence-corrected chi connectivity index (χ0v) is 9.87. The molecule has 1 heterocycles. The summed E-state index contributed by atoms with van der Waals surface area (Å²) in [6, 6.07) is 9.39. The number of nitrogen functional groups attached to an aromatic ring is 1. The van der Waals surface area contributed by atoms with E-state index in [1.807, 2.05) is 30.3 Å². The van der Waals surface area contributed by atoms with Crippen LogP contribution in [0.2, 0.25) is 0 Å². The largest absolute Gasteiger partial charge is 0.478 e. The van der Waals surface area contributed by atoms with Gasteiger partial charge in [-0.1, -0.05) is 30.3 Å². The predicted molar refractivity (Wildman–Crippen MR) is 69.8 cm³/mol. The third-order valence-electron chi connectivity index (χ3n) is 2.25. The monoisotopic (exact) mass is 243 g/mol. The molecule has 4 N–H and O–H groups in total. The maximum atomic E-state index is 5.86. The Labute approximate surface area is 104 Å². The molecule has 6 heteroatoms. The average molecular weight is 243 g/mol. The SMILES string of the molecule is COc1ncc(/N=C(\N)c2ccccc2)nc1N. The van der Waals surface area contributed by atoms with Gasteiger partial charge in [-0.05, 0) is 0 Å². The Bertz CT molecular complexity index is 568. The molecule has 0 unspecified atom stereocenters. The van der Waals surface area contributed by atoms with Gasteiger partial charge in [-0.25, -0.2) is 15.0 Å². The molecule has 0 saturated heterocycles. The van der Waals surface area contributed by atoms with Crippen molar-refractivity contribution in [1.82, 2.24) is 9.97 Å². The summed E-state index contributed by atoms with van der Waals surface area (Å²) in [5.41, 5.74) is 12.3. The standard InChI is InChI=1S/C12H13N5O/c1-18-12-11(14)17-9(7-15-12)16-10(13)8-5-3-2-4-6-8/h2-7H,1H3,(H4,13,14,16,17). The van der Waals surface area contributed by atoms with E-state index in [0.717, 1.165) is 5.56 Å². The molecule has 6 nitrogen and oxygen atoms in total. The molecule has 92 valence electrons. The minimum Gasteiger partial charge on any atom is -0.478 e. The third-order valence-corrected chi connectivity index (χ3v) is 2.25. The van der Waals surface area contributed by atoms with Crippen LogP contribution in [-0.2, 0) is 0 Å². The van der Waals surface area contributed by atoms with E-state index in [4.69, 9.17) is 16.2 Å². The fraction of sp³-hybridized carbons (Fsp3) is 0.0833. The highest BCUT2D eigenvalue weighted by molar-refractivity contribution is 5.98. The van der Waals surface area contributed by atoms with Crippen LogP contribution in [0.3, 0.4) is 0 Å². The molecule has 2 rings (SSSR count). The van der Waals surface area contributed by atoms with Crippen LogP contribution in [0, 0.1) is 0 Å². The Hall–Kier alpha value is -2.63. The topological polar surface area (TPSA) is 99.4 Å². The van der Waals surface area contributed by atoms with Gasteiger partial charge >= 0.3 is 0 Å². The van der Waals surface area contributed by atoms with Gasteiger partial charge in [0.05, 0.1) is 13.3 Å². The lowest BCUT2D eigenvalue weighted by molar-refractivity contribution is 0.398. The first kappa shape index (κ1) is 11.8. The van der Waals surface area contributed by atoms with Crippen LogP contribution in [0.25, 0.3) is 0 Å². The van der Waals surface area contributed by atoms with Crippen molar-refractivity contribution < 1.29 is 4.74 Å². The summed E-state index contributed by atoms with van der Waals surface area (Å²) in [4.78, 5) is 12.2. The van der Waals surface area contributed by atoms with Crippen molar-refractivity contribution in [2.75, 3.05) is 12.8 Å². The number of anilines is 1. The number of aliphatic imine (C=N–C) groups is 1. The summed E-state index contributed by atoms with van der Waals surface area (Å²) in [7, 11) is 1.47. The van der Waals surface area contributed by atoms with Crippen molar-refractivity contribution in [2.45, 2.75) is 0 Å². The first-order valence-electron chi connectivity index (χ1n) is 5.27. The van der Waals surface area contributed by atoms with Gasteiger partial charge in [-0.3, -0.25) is 0 Å². The van der Waals surface area contributed by atoms with Crippen LogP contribution in [0.15, 0.2) is 41.5 Å². The molecule has 0 fully saturated rings. The molecule has 1 aromatic heterocycles. The zero-order chi connectivity index (χ0) is 13.0. The maximum Gasteiger partial charge on any atom is 0.257 e. The Morgan fingerprint density at radius 2 is 2.00 bits per heavy atom. The van der Waals surface area contributed by atoms with Crippen molar-refractivity contribution in [1.29, 1.82) is 0 Å². The number of hydrogen-bond acceptors (Lipinski definition) is 5. The number of nitrogens with two attached hydrogens (primary N) is 2. The van der Waals surface area contributed by atoms with Crippen LogP contribution in [0.5, 0.6) is 5.88 Å². The van der Waals surface area contributed by atoms with Gasteiger partial charge < -0.3 is 16.2 Å². The molecule has 0 aliphatic carbocycles. The first-order valence-corrected chi connectivity index (χ1v) is 5.27. The predicted octanol–water partition coefficient (Wildman–Crippen LogP) is 1.10. The van der Waals surface area contributed by atoms with E-state index in [1.54, 1.807) is 0 Å². The smallest absolute Gasteiger partial charge is 0.257 e. The molecular weight excluding hydrogens is 230 g/mol. The Morgan fingerprint density at radius 3 is 2.61 bits per heavy atom. The highest BCUT2D eigenvalue weighted by Crippen LogP contribution is 2.18. The second-order valence-electron chi connectivity index (χ2n) is 3.49. The lowest BCUT2D eigenvalue weighted by Gasteiger charge is -2.03. The molecule has 18 heavy (non-hydrogen) atoms. The van der Waals surface area contributed by atoms with Gasteiger partial charge in [0.2, 0.25) is 0 Å². The van der Waals surface area contributed by atoms with E-state index in [0.29, 0.717) is 11.7 Å². The number of aromatic nitrogens is 2. The van der Waals surface area contributed by atoms with E-state index in [9.17, 15) is 0 Å². The van der Waals surface area contributed by atoms with Gasteiger partial charge in [-0.2, -0.15) is 0 Å². The quantitative estimate of drug-likeness (QED) is 0.621. The molecule has 0 aliphatic heterocycles. The second-order valence-corrected chi connectivity index (χ2v) is 3.49. The van der Waals surface area contributed by atoms with E-state index < -0.39 is 0 Å². The number of ether oxygens (including phenoxy) is 1. The molecular formula is C12H13N5O. The fourth-order valence-corrected chi connectivity index (χ4v) is 1.39. The van der Waals surface area contributed by atoms with Gasteiger partial charge in [0.1, 0.15) is 5.84 Å². The molecule has 0 aliphatic rings. The minimum atomic E-state index is 0.180. The summed E-state index contributed by atoms with van der Waals surface area (Å²) >= 11 is 0. The summed E-state index contributed by atoms with van der Waals surface area (Å²) in [5.74, 6) is 1.15. The van der Waals surface area contributed by atoms with E-state index >= 15 is 0 Å². The third kappa shape index (κ3) is 2.54.